The van der Waals surface area contributed by atoms with Gasteiger partial charge in [-0.2, -0.15) is 13.2 Å². The van der Waals surface area contributed by atoms with Gasteiger partial charge in [-0.15, -0.1) is 9.78 Å². The van der Waals surface area contributed by atoms with Crippen molar-refractivity contribution in [3.63, 3.8) is 0 Å². The second kappa shape index (κ2) is 5.84. The number of aromatic nitrogens is 3. The van der Waals surface area contributed by atoms with Crippen LogP contribution in [0.25, 0.3) is 17.3 Å². The molecule has 0 spiro atoms. The highest BCUT2D eigenvalue weighted by atomic mass is 19.4. The van der Waals surface area contributed by atoms with Gasteiger partial charge in [0, 0.05) is 6.20 Å². The van der Waals surface area contributed by atoms with Gasteiger partial charge in [-0.25, -0.2) is 9.78 Å². The summed E-state index contributed by atoms with van der Waals surface area (Å²) in [5.74, 6) is -0.550. The van der Waals surface area contributed by atoms with Crippen LogP contribution in [0.1, 0.15) is 5.56 Å². The van der Waals surface area contributed by atoms with Crippen LogP contribution in [-0.4, -0.2) is 21.9 Å². The van der Waals surface area contributed by atoms with Crippen LogP contribution in [0.3, 0.4) is 0 Å². The molecule has 9 heteroatoms. The zero-order valence-corrected chi connectivity index (χ0v) is 12.2. The van der Waals surface area contributed by atoms with Gasteiger partial charge in [0.05, 0.1) is 18.2 Å². The first-order valence-electron chi connectivity index (χ1n) is 6.67. The van der Waals surface area contributed by atoms with E-state index in [2.05, 4.69) is 10.1 Å². The van der Waals surface area contributed by atoms with E-state index in [1.54, 1.807) is 24.3 Å². The molecule has 2 heterocycles. The van der Waals surface area contributed by atoms with E-state index >= 15 is 0 Å². The molecule has 0 aliphatic rings. The van der Waals surface area contributed by atoms with Crippen molar-refractivity contribution in [1.82, 2.24) is 14.8 Å². The van der Waals surface area contributed by atoms with Crippen molar-refractivity contribution in [3.05, 3.63) is 58.7 Å². The number of alkyl halides is 3. The molecular formula is C15H10F3N3O3. The number of rotatable bonds is 3. The van der Waals surface area contributed by atoms with Crippen LogP contribution >= 0.6 is 0 Å². The van der Waals surface area contributed by atoms with Crippen molar-refractivity contribution >= 4 is 0 Å². The van der Waals surface area contributed by atoms with Gasteiger partial charge in [0.25, 0.3) is 5.89 Å². The van der Waals surface area contributed by atoms with Crippen LogP contribution in [-0.2, 0) is 6.18 Å². The topological polar surface area (TPSA) is 70.2 Å². The minimum Gasteiger partial charge on any atom is -0.496 e. The smallest absolute Gasteiger partial charge is 0.443 e. The first-order valence-corrected chi connectivity index (χ1v) is 6.67. The van der Waals surface area contributed by atoms with E-state index in [1.807, 2.05) is 0 Å². The summed E-state index contributed by atoms with van der Waals surface area (Å²) in [5.41, 5.74) is -0.490. The van der Waals surface area contributed by atoms with Crippen LogP contribution in [0.4, 0.5) is 13.2 Å². The molecule has 0 atom stereocenters. The average Bonchev–Trinajstić information content (AvgIpc) is 2.96. The normalized spacial score (nSPS) is 11.5. The van der Waals surface area contributed by atoms with Crippen LogP contribution in [0.2, 0.25) is 0 Å². The predicted octanol–water partition coefficient (Wildman–Crippen LogP) is 2.91. The average molecular weight is 337 g/mol. The third-order valence-electron chi connectivity index (χ3n) is 3.18. The molecule has 0 amide bonds. The Labute approximate surface area is 133 Å². The van der Waals surface area contributed by atoms with Gasteiger partial charge in [0.2, 0.25) is 0 Å². The maximum atomic E-state index is 12.6. The largest absolute Gasteiger partial charge is 0.496 e. The Morgan fingerprint density at radius 3 is 2.54 bits per heavy atom. The first kappa shape index (κ1) is 15.8. The van der Waals surface area contributed by atoms with Crippen LogP contribution < -0.4 is 10.5 Å². The van der Waals surface area contributed by atoms with Gasteiger partial charge in [-0.05, 0) is 24.3 Å². The lowest BCUT2D eigenvalue weighted by Crippen LogP contribution is -2.15. The molecule has 124 valence electrons. The van der Waals surface area contributed by atoms with E-state index in [4.69, 9.17) is 9.15 Å². The van der Waals surface area contributed by atoms with Crippen molar-refractivity contribution in [2.24, 2.45) is 0 Å². The molecule has 24 heavy (non-hydrogen) atoms. The Morgan fingerprint density at radius 2 is 1.92 bits per heavy atom. The highest BCUT2D eigenvalue weighted by Crippen LogP contribution is 2.29. The van der Waals surface area contributed by atoms with Crippen molar-refractivity contribution in [2.45, 2.75) is 6.18 Å². The Hall–Kier alpha value is -3.10. The first-order chi connectivity index (χ1) is 11.4. The van der Waals surface area contributed by atoms with E-state index < -0.39 is 17.5 Å². The summed E-state index contributed by atoms with van der Waals surface area (Å²) in [6.45, 7) is 0. The predicted molar refractivity (Wildman–Crippen MR) is 76.9 cm³/mol. The number of hydrogen-bond acceptors (Lipinski definition) is 5. The minimum atomic E-state index is -4.51. The Bertz CT molecular complexity index is 914. The SMILES string of the molecule is COc1ccccc1-c1nn(-c2ccc(C(F)(F)F)cn2)c(=O)o1. The van der Waals surface area contributed by atoms with Gasteiger partial charge in [0.1, 0.15) is 5.75 Å². The van der Waals surface area contributed by atoms with Gasteiger partial charge < -0.3 is 9.15 Å². The third-order valence-corrected chi connectivity index (χ3v) is 3.18. The Kier molecular flexibility index (Phi) is 3.84. The molecule has 0 unspecified atom stereocenters. The van der Waals surface area contributed by atoms with Gasteiger partial charge in [-0.1, -0.05) is 12.1 Å². The number of pyridine rings is 1. The standard InChI is InChI=1S/C15H10F3N3O3/c1-23-11-5-3-2-4-10(11)13-20-21(14(22)24-13)12-7-6-9(8-19-12)15(16,17)18/h2-8H,1H3. The number of halogens is 3. The van der Waals surface area contributed by atoms with Crippen molar-refractivity contribution < 1.29 is 22.3 Å². The molecule has 0 fully saturated rings. The zero-order valence-electron chi connectivity index (χ0n) is 12.2. The molecular weight excluding hydrogens is 327 g/mol. The highest BCUT2D eigenvalue weighted by Gasteiger charge is 2.31. The fraction of sp³-hybridized carbons (Fsp3) is 0.133. The summed E-state index contributed by atoms with van der Waals surface area (Å²) in [4.78, 5) is 15.5. The number of hydrogen-bond donors (Lipinski definition) is 0. The lowest BCUT2D eigenvalue weighted by atomic mass is 10.2. The quantitative estimate of drug-likeness (QED) is 0.735. The Morgan fingerprint density at radius 1 is 1.17 bits per heavy atom. The second-order valence-electron chi connectivity index (χ2n) is 4.69. The molecule has 0 bridgehead atoms. The number of benzene rings is 1. The summed E-state index contributed by atoms with van der Waals surface area (Å²) in [5, 5.41) is 3.96. The molecule has 0 saturated carbocycles. The number of methoxy groups -OCH3 is 1. The Balaban J connectivity index is 2.02. The molecule has 3 aromatic rings. The second-order valence-corrected chi connectivity index (χ2v) is 4.69. The molecule has 2 aromatic heterocycles. The van der Waals surface area contributed by atoms with Crippen molar-refractivity contribution in [1.29, 1.82) is 0 Å². The lowest BCUT2D eigenvalue weighted by Gasteiger charge is -2.06. The van der Waals surface area contributed by atoms with E-state index in [0.717, 1.165) is 16.8 Å². The monoisotopic (exact) mass is 337 g/mol. The van der Waals surface area contributed by atoms with Gasteiger partial charge >= 0.3 is 11.9 Å². The fourth-order valence-corrected chi connectivity index (χ4v) is 2.03. The van der Waals surface area contributed by atoms with Crippen LogP contribution in [0.5, 0.6) is 5.75 Å². The highest BCUT2D eigenvalue weighted by molar-refractivity contribution is 5.62. The lowest BCUT2D eigenvalue weighted by molar-refractivity contribution is -0.137. The van der Waals surface area contributed by atoms with Gasteiger partial charge in [-0.3, -0.25) is 0 Å². The summed E-state index contributed by atoms with van der Waals surface area (Å²) in [7, 11) is 1.45. The fourth-order valence-electron chi connectivity index (χ4n) is 2.03. The van der Waals surface area contributed by atoms with E-state index in [1.165, 1.54) is 7.11 Å². The van der Waals surface area contributed by atoms with E-state index in [9.17, 15) is 18.0 Å². The summed E-state index contributed by atoms with van der Waals surface area (Å²) >= 11 is 0. The number of nitrogens with zero attached hydrogens (tertiary/aromatic N) is 3. The van der Waals surface area contributed by atoms with E-state index in [0.29, 0.717) is 17.5 Å². The molecule has 0 saturated heterocycles. The third kappa shape index (κ3) is 2.87. The molecule has 3 rings (SSSR count). The molecule has 1 aromatic carbocycles. The zero-order chi connectivity index (χ0) is 17.3. The minimum absolute atomic E-state index is 0.0286. The van der Waals surface area contributed by atoms with Gasteiger partial charge in [0.15, 0.2) is 5.82 Å². The number of para-hydroxylation sites is 1. The molecule has 6 nitrogen and oxygen atoms in total. The van der Waals surface area contributed by atoms with E-state index in [-0.39, 0.29) is 11.7 Å². The maximum Gasteiger partial charge on any atom is 0.443 e. The maximum absolute atomic E-state index is 12.6. The van der Waals surface area contributed by atoms with Crippen molar-refractivity contribution in [3.8, 4) is 23.0 Å². The molecule has 0 radical (unpaired) electrons. The molecule has 0 N–H and O–H groups in total. The van der Waals surface area contributed by atoms with Crippen molar-refractivity contribution in [2.75, 3.05) is 7.11 Å². The molecule has 0 aliphatic carbocycles. The summed E-state index contributed by atoms with van der Waals surface area (Å²) in [6.07, 6.45) is -3.89. The molecule has 0 aliphatic heterocycles. The summed E-state index contributed by atoms with van der Waals surface area (Å²) in [6, 6.07) is 8.58. The van der Waals surface area contributed by atoms with Crippen LogP contribution in [0, 0.1) is 0 Å². The van der Waals surface area contributed by atoms with Crippen LogP contribution in [0.15, 0.2) is 51.8 Å². The number of ether oxygens (including phenoxy) is 1. The summed E-state index contributed by atoms with van der Waals surface area (Å²) < 4.78 is 48.6.